The Bertz CT molecular complexity index is 569. The predicted molar refractivity (Wildman–Crippen MR) is 56.1 cm³/mol. The van der Waals surface area contributed by atoms with E-state index < -0.39 is 0 Å². The quantitative estimate of drug-likeness (QED) is 0.616. The van der Waals surface area contributed by atoms with Gasteiger partial charge in [-0.2, -0.15) is 0 Å². The van der Waals surface area contributed by atoms with Gasteiger partial charge in [0.1, 0.15) is 0 Å². The first-order valence-electron chi connectivity index (χ1n) is 4.46. The first-order valence-corrected chi connectivity index (χ1v) is 4.46. The van der Waals surface area contributed by atoms with E-state index in [1.807, 2.05) is 31.2 Å². The highest BCUT2D eigenvalue weighted by molar-refractivity contribution is 5.76. The van der Waals surface area contributed by atoms with Crippen molar-refractivity contribution in [2.75, 3.05) is 0 Å². The van der Waals surface area contributed by atoms with Crippen molar-refractivity contribution in [2.45, 2.75) is 13.5 Å². The lowest BCUT2D eigenvalue weighted by atomic mass is 10.3. The van der Waals surface area contributed by atoms with Gasteiger partial charge in [0.25, 0.3) is 0 Å². The Kier molecular flexibility index (Phi) is 1.90. The van der Waals surface area contributed by atoms with Crippen LogP contribution in [0, 0.1) is 12.5 Å². The molecule has 0 bridgehead atoms. The Morgan fingerprint density at radius 3 is 2.57 bits per heavy atom. The maximum atomic E-state index is 11.7. The van der Waals surface area contributed by atoms with Crippen molar-refractivity contribution in [2.24, 2.45) is 0 Å². The molecule has 0 saturated heterocycles. The number of aromatic nitrogens is 2. The van der Waals surface area contributed by atoms with E-state index in [2.05, 4.69) is 6.04 Å². The van der Waals surface area contributed by atoms with E-state index in [1.54, 1.807) is 4.57 Å². The second-order valence-electron chi connectivity index (χ2n) is 2.98. The molecule has 3 nitrogen and oxygen atoms in total. The molecule has 0 aliphatic heterocycles. The normalized spacial score (nSPS) is 10.3. The van der Waals surface area contributed by atoms with E-state index in [0.717, 1.165) is 11.0 Å². The van der Waals surface area contributed by atoms with Crippen LogP contribution < -0.4 is 5.69 Å². The molecular formula is C11H10N2O. The number of fused-ring (bicyclic) bond motifs is 1. The summed E-state index contributed by atoms with van der Waals surface area (Å²) in [6, 6.07) is 9.89. The third-order valence-corrected chi connectivity index (χ3v) is 2.28. The molecule has 0 saturated carbocycles. The largest absolute Gasteiger partial charge is 0.341 e. The van der Waals surface area contributed by atoms with Gasteiger partial charge in [-0.05, 0) is 19.1 Å². The smallest absolute Gasteiger partial charge is 0.291 e. The number of hydrogen-bond donors (Lipinski definition) is 0. The zero-order valence-corrected chi connectivity index (χ0v) is 7.90. The molecule has 1 heterocycles. The number of terminal acetylenes is 1. The van der Waals surface area contributed by atoms with Crippen LogP contribution in [0.1, 0.15) is 6.92 Å². The van der Waals surface area contributed by atoms with Crippen molar-refractivity contribution in [1.82, 2.24) is 9.13 Å². The molecule has 70 valence electrons. The first kappa shape index (κ1) is 8.64. The molecule has 0 aliphatic rings. The lowest BCUT2D eigenvalue weighted by molar-refractivity contribution is 0.738. The minimum absolute atomic E-state index is 0.142. The van der Waals surface area contributed by atoms with Crippen LogP contribution in [-0.4, -0.2) is 9.13 Å². The van der Waals surface area contributed by atoms with Gasteiger partial charge in [-0.3, -0.25) is 4.57 Å². The second kappa shape index (κ2) is 3.08. The van der Waals surface area contributed by atoms with Crippen LogP contribution in [0.2, 0.25) is 0 Å². The molecule has 0 aliphatic carbocycles. The minimum Gasteiger partial charge on any atom is -0.291 e. The molecule has 14 heavy (non-hydrogen) atoms. The maximum Gasteiger partial charge on any atom is 0.341 e. The van der Waals surface area contributed by atoms with E-state index in [-0.39, 0.29) is 5.69 Å². The topological polar surface area (TPSA) is 26.9 Å². The Labute approximate surface area is 81.6 Å². The summed E-state index contributed by atoms with van der Waals surface area (Å²) in [5, 5.41) is 0. The van der Waals surface area contributed by atoms with Gasteiger partial charge in [0.05, 0.1) is 11.0 Å². The van der Waals surface area contributed by atoms with Crippen LogP contribution in [0.3, 0.4) is 0 Å². The number of para-hydroxylation sites is 2. The summed E-state index contributed by atoms with van der Waals surface area (Å²) in [6.07, 6.45) is 5.28. The average molecular weight is 186 g/mol. The van der Waals surface area contributed by atoms with E-state index in [1.165, 1.54) is 4.57 Å². The van der Waals surface area contributed by atoms with E-state index in [4.69, 9.17) is 6.42 Å². The maximum absolute atomic E-state index is 11.7. The average Bonchev–Trinajstić information content (AvgIpc) is 2.49. The van der Waals surface area contributed by atoms with Gasteiger partial charge in [0, 0.05) is 12.6 Å². The van der Waals surface area contributed by atoms with Gasteiger partial charge in [0.15, 0.2) is 0 Å². The van der Waals surface area contributed by atoms with Crippen LogP contribution in [0.15, 0.2) is 29.1 Å². The molecular weight excluding hydrogens is 176 g/mol. The molecule has 0 spiro atoms. The van der Waals surface area contributed by atoms with E-state index in [0.29, 0.717) is 6.54 Å². The molecule has 0 radical (unpaired) electrons. The van der Waals surface area contributed by atoms with Crippen molar-refractivity contribution in [1.29, 1.82) is 0 Å². The molecule has 3 heteroatoms. The molecule has 0 fully saturated rings. The fourth-order valence-electron chi connectivity index (χ4n) is 1.64. The SMILES string of the molecule is C#Cn1c(=O)n(CC)c2ccccc21. The fraction of sp³-hybridized carbons (Fsp3) is 0.182. The monoisotopic (exact) mass is 186 g/mol. The summed E-state index contributed by atoms with van der Waals surface area (Å²) in [4.78, 5) is 11.7. The molecule has 0 atom stereocenters. The van der Waals surface area contributed by atoms with Crippen molar-refractivity contribution >= 4 is 11.0 Å². The second-order valence-corrected chi connectivity index (χ2v) is 2.98. The summed E-state index contributed by atoms with van der Waals surface area (Å²) in [6.45, 7) is 2.56. The van der Waals surface area contributed by atoms with Gasteiger partial charge in [-0.25, -0.2) is 9.36 Å². The number of benzene rings is 1. The van der Waals surface area contributed by atoms with Gasteiger partial charge >= 0.3 is 5.69 Å². The number of hydrogen-bond acceptors (Lipinski definition) is 1. The Morgan fingerprint density at radius 2 is 2.00 bits per heavy atom. The lowest BCUT2D eigenvalue weighted by Gasteiger charge is -1.94. The number of rotatable bonds is 1. The van der Waals surface area contributed by atoms with Crippen molar-refractivity contribution < 1.29 is 0 Å². The zero-order valence-electron chi connectivity index (χ0n) is 7.90. The highest BCUT2D eigenvalue weighted by Crippen LogP contribution is 2.11. The van der Waals surface area contributed by atoms with Crippen LogP contribution in [0.4, 0.5) is 0 Å². The highest BCUT2D eigenvalue weighted by Gasteiger charge is 2.08. The van der Waals surface area contributed by atoms with Crippen LogP contribution in [0.25, 0.3) is 11.0 Å². The summed E-state index contributed by atoms with van der Waals surface area (Å²) in [7, 11) is 0. The number of nitrogens with zero attached hydrogens (tertiary/aromatic N) is 2. The summed E-state index contributed by atoms with van der Waals surface area (Å²) in [5.74, 6) is 0. The molecule has 2 rings (SSSR count). The summed E-state index contributed by atoms with van der Waals surface area (Å²) < 4.78 is 2.99. The van der Waals surface area contributed by atoms with Crippen LogP contribution >= 0.6 is 0 Å². The van der Waals surface area contributed by atoms with Crippen LogP contribution in [-0.2, 0) is 6.54 Å². The Hall–Kier alpha value is -1.95. The zero-order chi connectivity index (χ0) is 10.1. The number of aryl methyl sites for hydroxylation is 1. The standard InChI is InChI=1S/C11H10N2O/c1-3-12-9-7-5-6-8-10(9)13(4-2)11(12)14/h1,5-8H,4H2,2H3. The van der Waals surface area contributed by atoms with E-state index in [9.17, 15) is 4.79 Å². The minimum atomic E-state index is -0.142. The predicted octanol–water partition coefficient (Wildman–Crippen LogP) is 1.26. The Balaban J connectivity index is 3.02. The van der Waals surface area contributed by atoms with E-state index >= 15 is 0 Å². The molecule has 0 amide bonds. The van der Waals surface area contributed by atoms with Crippen molar-refractivity contribution in [3.63, 3.8) is 0 Å². The summed E-state index contributed by atoms with van der Waals surface area (Å²) in [5.41, 5.74) is 1.54. The third-order valence-electron chi connectivity index (χ3n) is 2.28. The third kappa shape index (κ3) is 0.975. The number of imidazole rings is 1. The Morgan fingerprint density at radius 1 is 1.36 bits per heavy atom. The van der Waals surface area contributed by atoms with Gasteiger partial charge in [0.2, 0.25) is 0 Å². The molecule has 0 N–H and O–H groups in total. The summed E-state index contributed by atoms with van der Waals surface area (Å²) >= 11 is 0. The van der Waals surface area contributed by atoms with Gasteiger partial charge in [-0.15, -0.1) is 0 Å². The molecule has 1 aromatic heterocycles. The molecule has 2 aromatic rings. The fourth-order valence-corrected chi connectivity index (χ4v) is 1.64. The first-order chi connectivity index (χ1) is 6.79. The van der Waals surface area contributed by atoms with Gasteiger partial charge in [-0.1, -0.05) is 18.6 Å². The van der Waals surface area contributed by atoms with Crippen molar-refractivity contribution in [3.05, 3.63) is 34.7 Å². The highest BCUT2D eigenvalue weighted by atomic mass is 16.1. The van der Waals surface area contributed by atoms with Crippen molar-refractivity contribution in [3.8, 4) is 12.5 Å². The van der Waals surface area contributed by atoms with Crippen LogP contribution in [0.5, 0.6) is 0 Å². The molecule has 0 unspecified atom stereocenters. The lowest BCUT2D eigenvalue weighted by Crippen LogP contribution is -2.21. The van der Waals surface area contributed by atoms with Gasteiger partial charge < -0.3 is 0 Å². The molecule has 1 aromatic carbocycles.